The van der Waals surface area contributed by atoms with Crippen molar-refractivity contribution in [2.45, 2.75) is 6.54 Å². The van der Waals surface area contributed by atoms with Gasteiger partial charge >= 0.3 is 0 Å². The number of rotatable bonds is 3. The fourth-order valence-corrected chi connectivity index (χ4v) is 3.05. The first-order valence-corrected chi connectivity index (χ1v) is 7.76. The first-order valence-electron chi connectivity index (χ1n) is 7.38. The first-order chi connectivity index (χ1) is 11.1. The van der Waals surface area contributed by atoms with Gasteiger partial charge in [-0.3, -0.25) is 4.79 Å². The predicted molar refractivity (Wildman–Crippen MR) is 92.1 cm³/mol. The second-order valence-electron chi connectivity index (χ2n) is 5.69. The average molecular weight is 333 g/mol. The third kappa shape index (κ3) is 3.27. The quantitative estimate of drug-likeness (QED) is 0.532. The molecule has 0 radical (unpaired) electrons. The number of hydrogen-bond acceptors (Lipinski definition) is 4. The van der Waals surface area contributed by atoms with Crippen molar-refractivity contribution < 1.29 is 0 Å². The monoisotopic (exact) mass is 332 g/mol. The van der Waals surface area contributed by atoms with Crippen LogP contribution < -0.4 is 10.5 Å². The molecule has 0 atom stereocenters. The van der Waals surface area contributed by atoms with Crippen LogP contribution in [-0.4, -0.2) is 43.1 Å². The molecule has 8 heteroatoms. The Morgan fingerprint density at radius 2 is 2.04 bits per heavy atom. The summed E-state index contributed by atoms with van der Waals surface area (Å²) in [5.74, 6) is 0. The van der Waals surface area contributed by atoms with Gasteiger partial charge in [-0.2, -0.15) is 0 Å². The summed E-state index contributed by atoms with van der Waals surface area (Å²) < 4.78 is 0. The molecular weight excluding hydrogens is 316 g/mol. The normalized spacial score (nSPS) is 15.7. The highest BCUT2D eigenvalue weighted by Crippen LogP contribution is 2.30. The topological polar surface area (TPSA) is 88.1 Å². The van der Waals surface area contributed by atoms with Gasteiger partial charge in [-0.05, 0) is 30.8 Å². The number of aromatic amines is 1. The number of anilines is 1. The van der Waals surface area contributed by atoms with E-state index in [0.717, 1.165) is 42.8 Å². The molecule has 3 rings (SSSR count). The summed E-state index contributed by atoms with van der Waals surface area (Å²) in [5, 5.41) is 4.92. The van der Waals surface area contributed by atoms with Gasteiger partial charge in [-0.1, -0.05) is 16.7 Å². The lowest BCUT2D eigenvalue weighted by Gasteiger charge is -2.34. The summed E-state index contributed by atoms with van der Waals surface area (Å²) in [4.78, 5) is 22.3. The van der Waals surface area contributed by atoms with Gasteiger partial charge in [-0.25, -0.2) is 0 Å². The number of hydrogen-bond donors (Lipinski definition) is 1. The molecule has 0 aliphatic carbocycles. The van der Waals surface area contributed by atoms with Gasteiger partial charge in [0.15, 0.2) is 0 Å². The van der Waals surface area contributed by atoms with Crippen molar-refractivity contribution in [1.29, 1.82) is 0 Å². The lowest BCUT2D eigenvalue weighted by Crippen LogP contribution is -2.44. The van der Waals surface area contributed by atoms with Crippen LogP contribution in [0.25, 0.3) is 21.3 Å². The zero-order valence-corrected chi connectivity index (χ0v) is 13.5. The number of benzene rings is 1. The van der Waals surface area contributed by atoms with Gasteiger partial charge in [0.25, 0.3) is 5.56 Å². The Labute approximate surface area is 138 Å². The Bertz CT molecular complexity index is 834. The van der Waals surface area contributed by atoms with E-state index in [2.05, 4.69) is 31.9 Å². The highest BCUT2D eigenvalue weighted by Gasteiger charge is 2.18. The summed E-state index contributed by atoms with van der Waals surface area (Å²) in [6.45, 7) is 3.72. The molecule has 1 N–H and O–H groups in total. The zero-order chi connectivity index (χ0) is 16.4. The molecule has 2 aromatic rings. The van der Waals surface area contributed by atoms with E-state index in [1.165, 1.54) is 0 Å². The lowest BCUT2D eigenvalue weighted by atomic mass is 10.1. The van der Waals surface area contributed by atoms with Crippen LogP contribution in [0.3, 0.4) is 0 Å². The molecule has 1 fully saturated rings. The van der Waals surface area contributed by atoms with Gasteiger partial charge in [-0.15, -0.1) is 0 Å². The first kappa shape index (κ1) is 15.7. The van der Waals surface area contributed by atoms with Crippen molar-refractivity contribution in [3.63, 3.8) is 0 Å². The van der Waals surface area contributed by atoms with Crippen LogP contribution in [-0.2, 0) is 6.54 Å². The van der Waals surface area contributed by atoms with E-state index < -0.39 is 0 Å². The third-order valence-electron chi connectivity index (χ3n) is 4.12. The fourth-order valence-electron chi connectivity index (χ4n) is 2.83. The molecule has 1 aromatic heterocycles. The lowest BCUT2D eigenvalue weighted by molar-refractivity contribution is 0.313. The largest absolute Gasteiger partial charge is 0.367 e. The fraction of sp³-hybridized carbons (Fsp3) is 0.400. The molecule has 0 saturated carbocycles. The van der Waals surface area contributed by atoms with E-state index >= 15 is 0 Å². The second-order valence-corrected chi connectivity index (χ2v) is 6.13. The van der Waals surface area contributed by atoms with Crippen molar-refractivity contribution in [1.82, 2.24) is 9.88 Å². The minimum Gasteiger partial charge on any atom is -0.367 e. The number of fused-ring (bicyclic) bond motifs is 1. The van der Waals surface area contributed by atoms with E-state index in [0.29, 0.717) is 10.6 Å². The number of halogens is 1. The number of piperazine rings is 1. The summed E-state index contributed by atoms with van der Waals surface area (Å²) >= 11 is 6.26. The Morgan fingerprint density at radius 3 is 2.74 bits per heavy atom. The Balaban J connectivity index is 2.09. The number of aromatic nitrogens is 1. The molecule has 23 heavy (non-hydrogen) atoms. The van der Waals surface area contributed by atoms with E-state index in [9.17, 15) is 4.79 Å². The molecule has 120 valence electrons. The van der Waals surface area contributed by atoms with Crippen LogP contribution in [0.1, 0.15) is 5.56 Å². The molecule has 1 aromatic carbocycles. The van der Waals surface area contributed by atoms with Gasteiger partial charge in [0.05, 0.1) is 17.7 Å². The maximum atomic E-state index is 12.2. The van der Waals surface area contributed by atoms with Crippen LogP contribution >= 0.6 is 11.6 Å². The predicted octanol–water partition coefficient (Wildman–Crippen LogP) is 2.74. The number of nitrogens with zero attached hydrogens (tertiary/aromatic N) is 5. The average Bonchev–Trinajstić information content (AvgIpc) is 2.53. The smallest absolute Gasteiger partial charge is 0.251 e. The van der Waals surface area contributed by atoms with Crippen LogP contribution in [0.15, 0.2) is 28.1 Å². The van der Waals surface area contributed by atoms with E-state index in [-0.39, 0.29) is 12.1 Å². The number of nitrogens with one attached hydrogen (secondary N) is 1. The SMILES string of the molecule is CN1CCN(c2cc(Cl)cc3cc(CN=[N+]=[N-])c(=O)[nH]c23)CC1. The van der Waals surface area contributed by atoms with Gasteiger partial charge in [0.1, 0.15) is 0 Å². The minimum atomic E-state index is -0.234. The minimum absolute atomic E-state index is 0.0259. The molecule has 0 unspecified atom stereocenters. The summed E-state index contributed by atoms with van der Waals surface area (Å²) in [6, 6.07) is 5.44. The van der Waals surface area contributed by atoms with Crippen molar-refractivity contribution >= 4 is 28.2 Å². The number of H-pyrrole nitrogens is 1. The Morgan fingerprint density at radius 1 is 1.30 bits per heavy atom. The van der Waals surface area contributed by atoms with Crippen molar-refractivity contribution in [2.75, 3.05) is 38.1 Å². The van der Waals surface area contributed by atoms with Crippen LogP contribution in [0.2, 0.25) is 5.02 Å². The van der Waals surface area contributed by atoms with E-state index in [4.69, 9.17) is 17.1 Å². The molecule has 2 heterocycles. The van der Waals surface area contributed by atoms with E-state index in [1.54, 1.807) is 6.07 Å². The Hall–Kier alpha value is -2.21. The van der Waals surface area contributed by atoms with Gasteiger partial charge in [0.2, 0.25) is 0 Å². The van der Waals surface area contributed by atoms with Crippen molar-refractivity contribution in [3.05, 3.63) is 49.6 Å². The number of likely N-dealkylation sites (N-methyl/N-ethyl adjacent to an activating group) is 1. The maximum absolute atomic E-state index is 12.2. The molecule has 0 amide bonds. The molecule has 7 nitrogen and oxygen atoms in total. The van der Waals surface area contributed by atoms with Crippen molar-refractivity contribution in [2.24, 2.45) is 5.11 Å². The van der Waals surface area contributed by atoms with E-state index in [1.807, 2.05) is 12.1 Å². The van der Waals surface area contributed by atoms with Crippen molar-refractivity contribution in [3.8, 4) is 0 Å². The van der Waals surface area contributed by atoms with Crippen LogP contribution in [0.5, 0.6) is 0 Å². The summed E-state index contributed by atoms with van der Waals surface area (Å²) in [5.41, 5.74) is 10.3. The highest BCUT2D eigenvalue weighted by molar-refractivity contribution is 6.31. The van der Waals surface area contributed by atoms with Crippen LogP contribution in [0, 0.1) is 0 Å². The standard InChI is InChI=1S/C15H17ClN6O/c1-21-2-4-22(5-3-21)13-8-12(16)7-10-6-11(9-18-20-17)15(23)19-14(10)13/h6-8H,2-5,9H2,1H3,(H,19,23). The Kier molecular flexibility index (Phi) is 4.43. The van der Waals surface area contributed by atoms with Crippen LogP contribution in [0.4, 0.5) is 5.69 Å². The number of azide groups is 1. The molecule has 0 bridgehead atoms. The summed E-state index contributed by atoms with van der Waals surface area (Å²) in [7, 11) is 2.09. The molecule has 1 aliphatic rings. The van der Waals surface area contributed by atoms with Gasteiger partial charge in [0, 0.05) is 47.1 Å². The molecule has 1 aliphatic heterocycles. The zero-order valence-electron chi connectivity index (χ0n) is 12.8. The highest BCUT2D eigenvalue weighted by atomic mass is 35.5. The molecule has 1 saturated heterocycles. The second kappa shape index (κ2) is 6.50. The number of pyridine rings is 1. The summed E-state index contributed by atoms with van der Waals surface area (Å²) in [6.07, 6.45) is 0. The molecule has 0 spiro atoms. The molecular formula is C15H17ClN6O. The maximum Gasteiger partial charge on any atom is 0.251 e. The third-order valence-corrected chi connectivity index (χ3v) is 4.34. The van der Waals surface area contributed by atoms with Gasteiger partial charge < -0.3 is 14.8 Å².